The van der Waals surface area contributed by atoms with Crippen molar-refractivity contribution in [2.24, 2.45) is 0 Å². The van der Waals surface area contributed by atoms with E-state index < -0.39 is 5.97 Å². The third-order valence-corrected chi connectivity index (χ3v) is 6.65. The Bertz CT molecular complexity index is 785. The van der Waals surface area contributed by atoms with Gasteiger partial charge in [0.15, 0.2) is 0 Å². The van der Waals surface area contributed by atoms with E-state index >= 15 is 0 Å². The fourth-order valence-electron chi connectivity index (χ4n) is 4.24. The fourth-order valence-corrected chi connectivity index (χ4v) is 4.24. The van der Waals surface area contributed by atoms with Gasteiger partial charge in [0.1, 0.15) is 6.10 Å². The Kier molecular flexibility index (Phi) is 29.9. The number of esters is 1. The molecule has 0 aromatic heterocycles. The number of rotatable bonds is 28. The lowest BCUT2D eigenvalue weighted by Crippen LogP contribution is -2.16. The van der Waals surface area contributed by atoms with E-state index in [9.17, 15) is 9.59 Å². The first-order chi connectivity index (χ1) is 20.1. The van der Waals surface area contributed by atoms with Gasteiger partial charge in [-0.15, -0.1) is 0 Å². The quantitative estimate of drug-likeness (QED) is 0.0579. The van der Waals surface area contributed by atoms with Crippen molar-refractivity contribution in [2.45, 2.75) is 148 Å². The third-order valence-electron chi connectivity index (χ3n) is 6.65. The van der Waals surface area contributed by atoms with Gasteiger partial charge < -0.3 is 9.84 Å². The van der Waals surface area contributed by atoms with E-state index in [1.165, 1.54) is 32.1 Å². The van der Waals surface area contributed by atoms with Gasteiger partial charge in [-0.2, -0.15) is 0 Å². The SMILES string of the molecule is CC/C=C\C/C=C\C/C=C\C/C=C\C/C=C\CCCC(=O)OC(/C=C\CCCCCCC)CCCCCCC(=O)O. The summed E-state index contributed by atoms with van der Waals surface area (Å²) in [6, 6.07) is 0. The molecule has 4 heteroatoms. The summed E-state index contributed by atoms with van der Waals surface area (Å²) in [4.78, 5) is 23.1. The van der Waals surface area contributed by atoms with Gasteiger partial charge in [-0.1, -0.05) is 119 Å². The second-order valence-corrected chi connectivity index (χ2v) is 10.6. The third kappa shape index (κ3) is 31.8. The minimum Gasteiger partial charge on any atom is -0.481 e. The molecule has 0 aliphatic heterocycles. The van der Waals surface area contributed by atoms with Crippen molar-refractivity contribution in [3.8, 4) is 0 Å². The second kappa shape index (κ2) is 31.9. The smallest absolute Gasteiger partial charge is 0.306 e. The highest BCUT2D eigenvalue weighted by atomic mass is 16.5. The van der Waals surface area contributed by atoms with Crippen LogP contribution < -0.4 is 0 Å². The van der Waals surface area contributed by atoms with E-state index in [4.69, 9.17) is 9.84 Å². The number of hydrogen-bond acceptors (Lipinski definition) is 3. The van der Waals surface area contributed by atoms with Gasteiger partial charge >= 0.3 is 11.9 Å². The predicted octanol–water partition coefficient (Wildman–Crippen LogP) is 11.2. The Labute approximate surface area is 252 Å². The molecule has 0 saturated carbocycles. The molecule has 0 spiro atoms. The van der Waals surface area contributed by atoms with Gasteiger partial charge in [-0.05, 0) is 83.1 Å². The number of carbonyl (C=O) groups excluding carboxylic acids is 1. The normalized spacial score (nSPS) is 13.2. The zero-order chi connectivity index (χ0) is 30.1. The molecule has 0 radical (unpaired) electrons. The molecule has 0 aliphatic carbocycles. The van der Waals surface area contributed by atoms with E-state index in [0.717, 1.165) is 77.0 Å². The Hall–Kier alpha value is -2.62. The molecule has 0 fully saturated rings. The van der Waals surface area contributed by atoms with Crippen LogP contribution in [0.3, 0.4) is 0 Å². The van der Waals surface area contributed by atoms with Gasteiger partial charge in [-0.25, -0.2) is 0 Å². The van der Waals surface area contributed by atoms with Crippen LogP contribution in [0.2, 0.25) is 0 Å². The Morgan fingerprint density at radius 2 is 1.12 bits per heavy atom. The molecule has 0 heterocycles. The van der Waals surface area contributed by atoms with Gasteiger partial charge in [0.25, 0.3) is 0 Å². The van der Waals surface area contributed by atoms with Crippen molar-refractivity contribution in [1.29, 1.82) is 0 Å². The zero-order valence-corrected chi connectivity index (χ0v) is 26.3. The average molecular weight is 569 g/mol. The zero-order valence-electron chi connectivity index (χ0n) is 26.3. The molecular weight excluding hydrogens is 508 g/mol. The number of hydrogen-bond donors (Lipinski definition) is 1. The van der Waals surface area contributed by atoms with E-state index in [2.05, 4.69) is 86.8 Å². The highest BCUT2D eigenvalue weighted by Crippen LogP contribution is 2.14. The number of aliphatic carboxylic acids is 1. The monoisotopic (exact) mass is 568 g/mol. The molecule has 0 bridgehead atoms. The van der Waals surface area contributed by atoms with E-state index in [0.29, 0.717) is 12.8 Å². The Balaban J connectivity index is 4.16. The van der Waals surface area contributed by atoms with Crippen molar-refractivity contribution < 1.29 is 19.4 Å². The van der Waals surface area contributed by atoms with Crippen LogP contribution in [0.4, 0.5) is 0 Å². The summed E-state index contributed by atoms with van der Waals surface area (Å²) in [5.41, 5.74) is 0. The van der Waals surface area contributed by atoms with Crippen molar-refractivity contribution in [2.75, 3.05) is 0 Å². The molecule has 0 rings (SSSR count). The van der Waals surface area contributed by atoms with Crippen molar-refractivity contribution in [3.63, 3.8) is 0 Å². The van der Waals surface area contributed by atoms with Crippen LogP contribution in [0.25, 0.3) is 0 Å². The maximum absolute atomic E-state index is 12.5. The van der Waals surface area contributed by atoms with Crippen LogP contribution >= 0.6 is 0 Å². The van der Waals surface area contributed by atoms with Gasteiger partial charge in [0.05, 0.1) is 0 Å². The largest absolute Gasteiger partial charge is 0.481 e. The maximum Gasteiger partial charge on any atom is 0.306 e. The number of unbranched alkanes of at least 4 members (excludes halogenated alkanes) is 9. The molecule has 1 unspecified atom stereocenters. The van der Waals surface area contributed by atoms with Crippen LogP contribution in [0.1, 0.15) is 142 Å². The lowest BCUT2D eigenvalue weighted by atomic mass is 10.1. The number of carbonyl (C=O) groups is 2. The molecule has 1 N–H and O–H groups in total. The van der Waals surface area contributed by atoms with Crippen molar-refractivity contribution in [1.82, 2.24) is 0 Å². The number of carboxylic acid groups (broad SMARTS) is 1. The van der Waals surface area contributed by atoms with Crippen LogP contribution in [-0.4, -0.2) is 23.1 Å². The minimum atomic E-state index is -0.733. The molecule has 1 atom stereocenters. The lowest BCUT2D eigenvalue weighted by Gasteiger charge is -2.14. The summed E-state index contributed by atoms with van der Waals surface area (Å²) in [5.74, 6) is -0.857. The number of ether oxygens (including phenoxy) is 1. The van der Waals surface area contributed by atoms with Gasteiger partial charge in [0, 0.05) is 12.8 Å². The maximum atomic E-state index is 12.5. The predicted molar refractivity (Wildman–Crippen MR) is 176 cm³/mol. The molecule has 0 amide bonds. The summed E-state index contributed by atoms with van der Waals surface area (Å²) in [6.07, 6.45) is 44.9. The first-order valence-electron chi connectivity index (χ1n) is 16.4. The fraction of sp³-hybridized carbons (Fsp3) is 0.622. The van der Waals surface area contributed by atoms with Crippen LogP contribution in [0.5, 0.6) is 0 Å². The molecule has 4 nitrogen and oxygen atoms in total. The van der Waals surface area contributed by atoms with Crippen molar-refractivity contribution >= 4 is 11.9 Å². The van der Waals surface area contributed by atoms with Crippen LogP contribution in [-0.2, 0) is 14.3 Å². The summed E-state index contributed by atoms with van der Waals surface area (Å²) in [6.45, 7) is 4.38. The molecule has 41 heavy (non-hydrogen) atoms. The molecule has 232 valence electrons. The van der Waals surface area contributed by atoms with Gasteiger partial charge in [0.2, 0.25) is 0 Å². The van der Waals surface area contributed by atoms with E-state index in [1.807, 2.05) is 0 Å². The van der Waals surface area contributed by atoms with Crippen LogP contribution in [0, 0.1) is 0 Å². The second-order valence-electron chi connectivity index (χ2n) is 10.6. The average Bonchev–Trinajstić information content (AvgIpc) is 2.95. The van der Waals surface area contributed by atoms with E-state index in [-0.39, 0.29) is 18.5 Å². The molecule has 0 aliphatic rings. The summed E-state index contributed by atoms with van der Waals surface area (Å²) < 4.78 is 5.80. The van der Waals surface area contributed by atoms with Crippen LogP contribution in [0.15, 0.2) is 72.9 Å². The molecular formula is C37H60O4. The Morgan fingerprint density at radius 1 is 0.585 bits per heavy atom. The Morgan fingerprint density at radius 3 is 1.73 bits per heavy atom. The first-order valence-corrected chi connectivity index (χ1v) is 16.4. The summed E-state index contributed by atoms with van der Waals surface area (Å²) in [7, 11) is 0. The standard InChI is InChI=1S/C37H60O4/c1-3-5-7-9-11-12-13-14-15-16-17-18-19-20-22-24-30-34-37(40)41-35(31-27-23-21-10-8-6-4-2)32-28-25-26-29-33-36(38)39/h5,7,11-12,14-15,17-18,20,22,27,31,35H,3-4,6,8-10,13,16,19,21,23-26,28-30,32-34H2,1-2H3,(H,38,39)/b7-5-,12-11-,15-14-,18-17-,22-20-,31-27-. The van der Waals surface area contributed by atoms with E-state index in [1.54, 1.807) is 0 Å². The highest BCUT2D eigenvalue weighted by Gasteiger charge is 2.11. The first kappa shape index (κ1) is 38.4. The number of carboxylic acids is 1. The number of allylic oxidation sites excluding steroid dienone is 11. The summed E-state index contributed by atoms with van der Waals surface area (Å²) >= 11 is 0. The molecule has 0 saturated heterocycles. The molecule has 0 aromatic carbocycles. The minimum absolute atomic E-state index is 0.124. The lowest BCUT2D eigenvalue weighted by molar-refractivity contribution is -0.147. The molecule has 0 aromatic rings. The van der Waals surface area contributed by atoms with Gasteiger partial charge in [-0.3, -0.25) is 9.59 Å². The van der Waals surface area contributed by atoms with Crippen molar-refractivity contribution in [3.05, 3.63) is 72.9 Å². The summed E-state index contributed by atoms with van der Waals surface area (Å²) in [5, 5.41) is 8.78. The highest BCUT2D eigenvalue weighted by molar-refractivity contribution is 5.69. The topological polar surface area (TPSA) is 63.6 Å².